The van der Waals surface area contributed by atoms with Crippen LogP contribution < -0.4 is 10.6 Å². The molecule has 2 unspecified atom stereocenters. The summed E-state index contributed by atoms with van der Waals surface area (Å²) in [6.07, 6.45) is 6.57. The first-order valence-corrected chi connectivity index (χ1v) is 9.78. The van der Waals surface area contributed by atoms with Crippen LogP contribution in [0.5, 0.6) is 0 Å². The van der Waals surface area contributed by atoms with Crippen molar-refractivity contribution in [2.24, 2.45) is 11.8 Å². The maximum Gasteiger partial charge on any atom is 0.243 e. The van der Waals surface area contributed by atoms with E-state index in [-0.39, 0.29) is 23.8 Å². The molecule has 2 N–H and O–H groups in total. The number of nitrogens with zero attached hydrogens (tertiary/aromatic N) is 1. The van der Waals surface area contributed by atoms with Gasteiger partial charge in [0.25, 0.3) is 0 Å². The molecule has 3 rings (SSSR count). The third-order valence-electron chi connectivity index (χ3n) is 5.19. The molecule has 0 radical (unpaired) electrons. The Morgan fingerprint density at radius 2 is 2.05 bits per heavy atom. The Bertz CT molecular complexity index is 406. The van der Waals surface area contributed by atoms with Gasteiger partial charge in [0.2, 0.25) is 11.8 Å². The molecule has 124 valence electrons. The van der Waals surface area contributed by atoms with Crippen LogP contribution in [0.4, 0.5) is 0 Å². The van der Waals surface area contributed by atoms with Crippen molar-refractivity contribution in [2.45, 2.75) is 44.6 Å². The molecule has 5 nitrogen and oxygen atoms in total. The first kappa shape index (κ1) is 16.1. The Kier molecular flexibility index (Phi) is 5.63. The number of hydrogen-bond donors (Lipinski definition) is 2. The van der Waals surface area contributed by atoms with E-state index in [9.17, 15) is 9.59 Å². The first-order valence-electron chi connectivity index (χ1n) is 8.62. The molecule has 2 saturated heterocycles. The molecule has 2 aliphatic heterocycles. The highest BCUT2D eigenvalue weighted by Gasteiger charge is 2.38. The molecule has 6 heteroatoms. The lowest BCUT2D eigenvalue weighted by molar-refractivity contribution is -0.141. The Morgan fingerprint density at radius 3 is 2.77 bits per heavy atom. The van der Waals surface area contributed by atoms with Gasteiger partial charge in [-0.1, -0.05) is 12.8 Å². The second-order valence-electron chi connectivity index (χ2n) is 6.74. The van der Waals surface area contributed by atoms with Gasteiger partial charge in [-0.3, -0.25) is 9.59 Å². The van der Waals surface area contributed by atoms with Crippen LogP contribution in [0.1, 0.15) is 38.5 Å². The van der Waals surface area contributed by atoms with Crippen LogP contribution in [0.15, 0.2) is 0 Å². The first-order chi connectivity index (χ1) is 10.8. The minimum atomic E-state index is -0.250. The standard InChI is InChI=1S/C16H27N3O2S/c20-15(18-8-6-12-5-7-17-9-12)14-10-22-11-19(14)16(21)13-3-1-2-4-13/h12-14,17H,1-11H2,(H,18,20). The van der Waals surface area contributed by atoms with Gasteiger partial charge >= 0.3 is 0 Å². The van der Waals surface area contributed by atoms with Crippen molar-refractivity contribution in [3.05, 3.63) is 0 Å². The van der Waals surface area contributed by atoms with Crippen LogP contribution in [-0.2, 0) is 9.59 Å². The number of hydrogen-bond acceptors (Lipinski definition) is 4. The molecular weight excluding hydrogens is 298 g/mol. The molecule has 1 saturated carbocycles. The SMILES string of the molecule is O=C(NCCC1CCNC1)C1CSCN1C(=O)C1CCCC1. The van der Waals surface area contributed by atoms with Gasteiger partial charge in [0.1, 0.15) is 6.04 Å². The third kappa shape index (κ3) is 3.77. The van der Waals surface area contributed by atoms with E-state index in [2.05, 4.69) is 10.6 Å². The molecule has 0 spiro atoms. The minimum Gasteiger partial charge on any atom is -0.354 e. The van der Waals surface area contributed by atoms with Gasteiger partial charge in [-0.25, -0.2) is 0 Å². The third-order valence-corrected chi connectivity index (χ3v) is 6.20. The Hall–Kier alpha value is -0.750. The summed E-state index contributed by atoms with van der Waals surface area (Å²) in [7, 11) is 0. The van der Waals surface area contributed by atoms with Gasteiger partial charge in [-0.05, 0) is 44.7 Å². The fourth-order valence-corrected chi connectivity index (χ4v) is 4.93. The van der Waals surface area contributed by atoms with E-state index in [0.717, 1.165) is 57.5 Å². The lowest BCUT2D eigenvalue weighted by Crippen LogP contribution is -2.49. The van der Waals surface area contributed by atoms with Crippen LogP contribution in [0, 0.1) is 11.8 Å². The molecule has 1 aliphatic carbocycles. The fourth-order valence-electron chi connectivity index (χ4n) is 3.76. The monoisotopic (exact) mass is 325 g/mol. The number of amides is 2. The lowest BCUT2D eigenvalue weighted by Gasteiger charge is -2.26. The summed E-state index contributed by atoms with van der Waals surface area (Å²) in [6, 6.07) is -0.250. The van der Waals surface area contributed by atoms with Crippen molar-refractivity contribution in [3.63, 3.8) is 0 Å². The Balaban J connectivity index is 1.46. The average Bonchev–Trinajstić information content (AvgIpc) is 3.26. The number of carbonyl (C=O) groups excluding carboxylic acids is 2. The van der Waals surface area contributed by atoms with Crippen molar-refractivity contribution >= 4 is 23.6 Å². The lowest BCUT2D eigenvalue weighted by atomic mass is 10.0. The van der Waals surface area contributed by atoms with Crippen molar-refractivity contribution in [1.29, 1.82) is 0 Å². The van der Waals surface area contributed by atoms with E-state index < -0.39 is 0 Å². The summed E-state index contributed by atoms with van der Waals surface area (Å²) in [5, 5.41) is 6.40. The highest BCUT2D eigenvalue weighted by atomic mass is 32.2. The maximum absolute atomic E-state index is 12.6. The van der Waals surface area contributed by atoms with Crippen molar-refractivity contribution in [1.82, 2.24) is 15.5 Å². The summed E-state index contributed by atoms with van der Waals surface area (Å²) in [4.78, 5) is 26.8. The number of carbonyl (C=O) groups is 2. The van der Waals surface area contributed by atoms with Crippen LogP contribution in [-0.4, -0.2) is 54.0 Å². The molecule has 22 heavy (non-hydrogen) atoms. The molecule has 3 fully saturated rings. The minimum absolute atomic E-state index is 0.0438. The fraction of sp³-hybridized carbons (Fsp3) is 0.875. The highest BCUT2D eigenvalue weighted by molar-refractivity contribution is 7.99. The number of rotatable bonds is 5. The molecule has 0 aromatic rings. The van der Waals surface area contributed by atoms with Gasteiger partial charge in [-0.2, -0.15) is 0 Å². The molecule has 2 heterocycles. The summed E-state index contributed by atoms with van der Waals surface area (Å²) < 4.78 is 0. The molecule has 0 aromatic heterocycles. The molecule has 2 atom stereocenters. The smallest absolute Gasteiger partial charge is 0.243 e. The van der Waals surface area contributed by atoms with Gasteiger partial charge in [0.05, 0.1) is 5.88 Å². The zero-order valence-corrected chi connectivity index (χ0v) is 14.0. The average molecular weight is 325 g/mol. The molecule has 0 bridgehead atoms. The second-order valence-corrected chi connectivity index (χ2v) is 7.74. The zero-order chi connectivity index (χ0) is 15.4. The largest absolute Gasteiger partial charge is 0.354 e. The topological polar surface area (TPSA) is 61.4 Å². The number of nitrogens with one attached hydrogen (secondary N) is 2. The van der Waals surface area contributed by atoms with Gasteiger partial charge < -0.3 is 15.5 Å². The van der Waals surface area contributed by atoms with Crippen LogP contribution in [0.25, 0.3) is 0 Å². The van der Waals surface area contributed by atoms with Gasteiger partial charge in [0.15, 0.2) is 0 Å². The van der Waals surface area contributed by atoms with E-state index in [1.165, 1.54) is 6.42 Å². The van der Waals surface area contributed by atoms with E-state index >= 15 is 0 Å². The molecule has 3 aliphatic rings. The summed E-state index contributed by atoms with van der Waals surface area (Å²) >= 11 is 1.70. The van der Waals surface area contributed by atoms with Crippen LogP contribution in [0.2, 0.25) is 0 Å². The number of thioether (sulfide) groups is 1. The summed E-state index contributed by atoms with van der Waals surface area (Å²) in [5.41, 5.74) is 0. The van der Waals surface area contributed by atoms with Gasteiger partial charge in [0, 0.05) is 18.2 Å². The van der Waals surface area contributed by atoms with Crippen molar-refractivity contribution in [3.8, 4) is 0 Å². The molecule has 0 aromatic carbocycles. The van der Waals surface area contributed by atoms with Gasteiger partial charge in [-0.15, -0.1) is 11.8 Å². The molecule has 2 amide bonds. The van der Waals surface area contributed by atoms with E-state index in [4.69, 9.17) is 0 Å². The second kappa shape index (κ2) is 7.68. The summed E-state index contributed by atoms with van der Waals surface area (Å²) in [5.74, 6) is 2.54. The highest BCUT2D eigenvalue weighted by Crippen LogP contribution is 2.30. The van der Waals surface area contributed by atoms with E-state index in [0.29, 0.717) is 11.8 Å². The predicted octanol–water partition coefficient (Wildman–Crippen LogP) is 1.19. The van der Waals surface area contributed by atoms with E-state index in [1.807, 2.05) is 4.90 Å². The maximum atomic E-state index is 12.6. The van der Waals surface area contributed by atoms with Crippen molar-refractivity contribution < 1.29 is 9.59 Å². The van der Waals surface area contributed by atoms with E-state index in [1.54, 1.807) is 11.8 Å². The quantitative estimate of drug-likeness (QED) is 0.797. The predicted molar refractivity (Wildman–Crippen MR) is 88.5 cm³/mol. The summed E-state index contributed by atoms with van der Waals surface area (Å²) in [6.45, 7) is 2.90. The molecular formula is C16H27N3O2S. The Morgan fingerprint density at radius 1 is 1.23 bits per heavy atom. The normalized spacial score (nSPS) is 29.2. The van der Waals surface area contributed by atoms with Crippen LogP contribution in [0.3, 0.4) is 0 Å². The van der Waals surface area contributed by atoms with Crippen LogP contribution >= 0.6 is 11.8 Å². The Labute approximate surface area is 137 Å². The van der Waals surface area contributed by atoms with Crippen molar-refractivity contribution in [2.75, 3.05) is 31.3 Å². The zero-order valence-electron chi connectivity index (χ0n) is 13.2.